The number of rotatable bonds is 7. The van der Waals surface area contributed by atoms with Crippen molar-refractivity contribution in [3.05, 3.63) is 176 Å². The summed E-state index contributed by atoms with van der Waals surface area (Å²) in [5.41, 5.74) is 13.1. The molecule has 1 unspecified atom stereocenters. The highest BCUT2D eigenvalue weighted by molar-refractivity contribution is 6.22. The molecule has 2 nitrogen and oxygen atoms in total. The summed E-state index contributed by atoms with van der Waals surface area (Å²) in [5.74, 6) is 1.03. The molecule has 8 aromatic carbocycles. The molecule has 0 radical (unpaired) electrons. The highest BCUT2D eigenvalue weighted by atomic mass is 15.1. The van der Waals surface area contributed by atoms with Crippen molar-refractivity contribution in [1.29, 1.82) is 0 Å². The van der Waals surface area contributed by atoms with Gasteiger partial charge in [0.1, 0.15) is 5.82 Å². The van der Waals surface area contributed by atoms with Gasteiger partial charge in [-0.25, -0.2) is 4.98 Å². The fourth-order valence-corrected chi connectivity index (χ4v) is 7.74. The zero-order valence-electron chi connectivity index (χ0n) is 28.9. The minimum Gasteiger partial charge on any atom is -0.321 e. The SMILES string of the molecule is CCC(C)n1c(-c2ccccc2)nc2cc(-c3ccc(-c4ccc5c(-c6ccccc6)c6ccccc6c(-c6ccccc6)c5c4)cc3)ccc21. The first-order chi connectivity index (χ1) is 25.2. The van der Waals surface area contributed by atoms with Gasteiger partial charge < -0.3 is 4.57 Å². The molecule has 2 heteroatoms. The standard InChI is InChI=1S/C49H38N2/c1-3-33(2)51-46-30-28-40(32-45(46)50-49(51)38-19-11-6-12-20-38)35-25-23-34(24-26-35)39-27-29-43-44(31-39)48(37-17-9-5-10-18-37)42-22-14-13-21-41(42)47(43)36-15-7-4-8-16-36/h4-33H,3H2,1-2H3. The van der Waals surface area contributed by atoms with E-state index in [0.717, 1.165) is 23.3 Å². The van der Waals surface area contributed by atoms with Crippen LogP contribution in [0.25, 0.3) is 88.5 Å². The van der Waals surface area contributed by atoms with Crippen molar-refractivity contribution < 1.29 is 0 Å². The molecular weight excluding hydrogens is 617 g/mol. The van der Waals surface area contributed by atoms with Crippen LogP contribution in [0.5, 0.6) is 0 Å². The molecule has 1 heterocycles. The number of hydrogen-bond donors (Lipinski definition) is 0. The van der Waals surface area contributed by atoms with Crippen LogP contribution in [-0.4, -0.2) is 9.55 Å². The monoisotopic (exact) mass is 654 g/mol. The van der Waals surface area contributed by atoms with Crippen LogP contribution < -0.4 is 0 Å². The fraction of sp³-hybridized carbons (Fsp3) is 0.0816. The highest BCUT2D eigenvalue weighted by Crippen LogP contribution is 2.45. The molecule has 0 saturated carbocycles. The lowest BCUT2D eigenvalue weighted by Gasteiger charge is -2.18. The molecule has 1 aromatic heterocycles. The minimum atomic E-state index is 0.349. The van der Waals surface area contributed by atoms with Crippen molar-refractivity contribution in [2.45, 2.75) is 26.3 Å². The lowest BCUT2D eigenvalue weighted by atomic mass is 9.85. The fourth-order valence-electron chi connectivity index (χ4n) is 7.74. The van der Waals surface area contributed by atoms with Gasteiger partial charge in [0.25, 0.3) is 0 Å². The smallest absolute Gasteiger partial charge is 0.141 e. The molecular formula is C49H38N2. The van der Waals surface area contributed by atoms with Crippen molar-refractivity contribution in [1.82, 2.24) is 9.55 Å². The maximum absolute atomic E-state index is 5.18. The minimum absolute atomic E-state index is 0.349. The van der Waals surface area contributed by atoms with E-state index in [9.17, 15) is 0 Å². The Kier molecular flexibility index (Phi) is 7.78. The summed E-state index contributed by atoms with van der Waals surface area (Å²) in [4.78, 5) is 5.18. The van der Waals surface area contributed by atoms with Gasteiger partial charge in [0.05, 0.1) is 11.0 Å². The molecule has 0 aliphatic carbocycles. The molecule has 0 spiro atoms. The Hall–Kier alpha value is -6.25. The first kappa shape index (κ1) is 30.8. The van der Waals surface area contributed by atoms with Crippen molar-refractivity contribution in [3.8, 4) is 55.9 Å². The van der Waals surface area contributed by atoms with Gasteiger partial charge in [-0.3, -0.25) is 0 Å². The normalized spacial score (nSPS) is 12.1. The third kappa shape index (κ3) is 5.41. The largest absolute Gasteiger partial charge is 0.321 e. The van der Waals surface area contributed by atoms with Crippen molar-refractivity contribution >= 4 is 32.6 Å². The Morgan fingerprint density at radius 3 is 1.45 bits per heavy atom. The van der Waals surface area contributed by atoms with Crippen molar-refractivity contribution in [2.24, 2.45) is 0 Å². The Bertz CT molecular complexity index is 2650. The number of benzene rings is 8. The Morgan fingerprint density at radius 1 is 0.431 bits per heavy atom. The van der Waals surface area contributed by atoms with E-state index < -0.39 is 0 Å². The van der Waals surface area contributed by atoms with E-state index in [1.54, 1.807) is 0 Å². The van der Waals surface area contributed by atoms with Crippen LogP contribution in [0.3, 0.4) is 0 Å². The van der Waals surface area contributed by atoms with Crippen LogP contribution in [0.1, 0.15) is 26.3 Å². The van der Waals surface area contributed by atoms with Gasteiger partial charge in [0.2, 0.25) is 0 Å². The van der Waals surface area contributed by atoms with Crippen LogP contribution in [0.2, 0.25) is 0 Å². The topological polar surface area (TPSA) is 17.8 Å². The molecule has 0 N–H and O–H groups in total. The van der Waals surface area contributed by atoms with E-state index in [0.29, 0.717) is 6.04 Å². The summed E-state index contributed by atoms with van der Waals surface area (Å²) in [6, 6.07) is 64.1. The summed E-state index contributed by atoms with van der Waals surface area (Å²) in [6.45, 7) is 4.52. The Morgan fingerprint density at radius 2 is 0.882 bits per heavy atom. The first-order valence-electron chi connectivity index (χ1n) is 18.0. The molecule has 0 aliphatic heterocycles. The van der Waals surface area contributed by atoms with Crippen LogP contribution in [0.15, 0.2) is 176 Å². The lowest BCUT2D eigenvalue weighted by Crippen LogP contribution is -2.05. The second-order valence-corrected chi connectivity index (χ2v) is 13.5. The summed E-state index contributed by atoms with van der Waals surface area (Å²) < 4.78 is 2.40. The van der Waals surface area contributed by atoms with E-state index >= 15 is 0 Å². The Balaban J connectivity index is 1.16. The van der Waals surface area contributed by atoms with E-state index in [1.807, 2.05) is 0 Å². The van der Waals surface area contributed by atoms with Crippen molar-refractivity contribution in [2.75, 3.05) is 0 Å². The number of nitrogens with zero attached hydrogens (tertiary/aromatic N) is 2. The zero-order chi connectivity index (χ0) is 34.3. The molecule has 1 atom stereocenters. The van der Waals surface area contributed by atoms with Gasteiger partial charge in [0.15, 0.2) is 0 Å². The van der Waals surface area contributed by atoms with Gasteiger partial charge in [-0.05, 0) is 97.6 Å². The van der Waals surface area contributed by atoms with Gasteiger partial charge in [-0.1, -0.05) is 165 Å². The predicted molar refractivity (Wildman–Crippen MR) is 217 cm³/mol. The Labute approximate surface area is 299 Å². The third-order valence-electron chi connectivity index (χ3n) is 10.5. The number of aromatic nitrogens is 2. The molecule has 9 aromatic rings. The van der Waals surface area contributed by atoms with E-state index in [-0.39, 0.29) is 0 Å². The molecule has 244 valence electrons. The van der Waals surface area contributed by atoms with Gasteiger partial charge >= 0.3 is 0 Å². The van der Waals surface area contributed by atoms with E-state index in [1.165, 1.54) is 71.6 Å². The average Bonchev–Trinajstić information content (AvgIpc) is 3.59. The third-order valence-corrected chi connectivity index (χ3v) is 10.5. The van der Waals surface area contributed by atoms with Gasteiger partial charge in [-0.2, -0.15) is 0 Å². The van der Waals surface area contributed by atoms with E-state index in [4.69, 9.17) is 4.98 Å². The molecule has 0 saturated heterocycles. The second-order valence-electron chi connectivity index (χ2n) is 13.5. The van der Waals surface area contributed by atoms with Crippen LogP contribution in [0.4, 0.5) is 0 Å². The van der Waals surface area contributed by atoms with E-state index in [2.05, 4.69) is 194 Å². The summed E-state index contributed by atoms with van der Waals surface area (Å²) in [5, 5.41) is 5.06. The van der Waals surface area contributed by atoms with Crippen LogP contribution >= 0.6 is 0 Å². The number of hydrogen-bond acceptors (Lipinski definition) is 1. The second kappa shape index (κ2) is 12.9. The van der Waals surface area contributed by atoms with Crippen molar-refractivity contribution in [3.63, 3.8) is 0 Å². The van der Waals surface area contributed by atoms with Crippen LogP contribution in [-0.2, 0) is 0 Å². The quantitative estimate of drug-likeness (QED) is 0.156. The lowest BCUT2D eigenvalue weighted by molar-refractivity contribution is 0.550. The maximum Gasteiger partial charge on any atom is 0.141 e. The summed E-state index contributed by atoms with van der Waals surface area (Å²) in [7, 11) is 0. The van der Waals surface area contributed by atoms with Gasteiger partial charge in [0, 0.05) is 11.6 Å². The zero-order valence-corrected chi connectivity index (χ0v) is 28.9. The first-order valence-corrected chi connectivity index (χ1v) is 18.0. The van der Waals surface area contributed by atoms with Crippen LogP contribution in [0, 0.1) is 0 Å². The highest BCUT2D eigenvalue weighted by Gasteiger charge is 2.19. The predicted octanol–water partition coefficient (Wildman–Crippen LogP) is 13.6. The molecule has 51 heavy (non-hydrogen) atoms. The molecule has 0 aliphatic rings. The average molecular weight is 655 g/mol. The summed E-state index contributed by atoms with van der Waals surface area (Å²) in [6.07, 6.45) is 1.04. The number of fused-ring (bicyclic) bond motifs is 3. The molecule has 9 rings (SSSR count). The molecule has 0 fully saturated rings. The summed E-state index contributed by atoms with van der Waals surface area (Å²) >= 11 is 0. The number of imidazole rings is 1. The molecule has 0 amide bonds. The van der Waals surface area contributed by atoms with Gasteiger partial charge in [-0.15, -0.1) is 0 Å². The molecule has 0 bridgehead atoms. The maximum atomic E-state index is 5.18.